The SMILES string of the molecule is CCCC(C)(O)c1sccc1C(=O)O. The molecule has 0 saturated carbocycles. The summed E-state index contributed by atoms with van der Waals surface area (Å²) >= 11 is 1.29. The van der Waals surface area contributed by atoms with Crippen molar-refractivity contribution >= 4 is 17.3 Å². The van der Waals surface area contributed by atoms with Crippen LogP contribution in [-0.2, 0) is 5.60 Å². The fourth-order valence-corrected chi connectivity index (χ4v) is 2.47. The van der Waals surface area contributed by atoms with E-state index in [-0.39, 0.29) is 5.56 Å². The molecule has 0 bridgehead atoms. The van der Waals surface area contributed by atoms with Gasteiger partial charge in [-0.25, -0.2) is 4.79 Å². The average molecular weight is 214 g/mol. The van der Waals surface area contributed by atoms with Gasteiger partial charge in [0.2, 0.25) is 0 Å². The minimum Gasteiger partial charge on any atom is -0.478 e. The molecule has 0 aliphatic carbocycles. The van der Waals surface area contributed by atoms with Gasteiger partial charge in [0.15, 0.2) is 0 Å². The number of aromatic carboxylic acids is 1. The van der Waals surface area contributed by atoms with Crippen LogP contribution in [0.15, 0.2) is 11.4 Å². The number of carbonyl (C=O) groups is 1. The van der Waals surface area contributed by atoms with Crippen molar-refractivity contribution in [3.05, 3.63) is 21.9 Å². The zero-order valence-electron chi connectivity index (χ0n) is 8.28. The molecule has 0 aromatic carbocycles. The Morgan fingerprint density at radius 3 is 2.79 bits per heavy atom. The van der Waals surface area contributed by atoms with Crippen LogP contribution in [0.25, 0.3) is 0 Å². The maximum absolute atomic E-state index is 10.8. The number of aliphatic hydroxyl groups is 1. The highest BCUT2D eigenvalue weighted by molar-refractivity contribution is 7.10. The molecule has 14 heavy (non-hydrogen) atoms. The minimum absolute atomic E-state index is 0.216. The molecule has 0 aliphatic heterocycles. The summed E-state index contributed by atoms with van der Waals surface area (Å²) in [4.78, 5) is 11.4. The molecule has 0 amide bonds. The Hall–Kier alpha value is -0.870. The molecule has 0 fully saturated rings. The van der Waals surface area contributed by atoms with Gasteiger partial charge in [0, 0.05) is 0 Å². The van der Waals surface area contributed by atoms with Crippen LogP contribution in [0.1, 0.15) is 41.9 Å². The number of carboxylic acids is 1. The average Bonchev–Trinajstić information content (AvgIpc) is 2.51. The highest BCUT2D eigenvalue weighted by Crippen LogP contribution is 2.33. The summed E-state index contributed by atoms with van der Waals surface area (Å²) < 4.78 is 0. The first kappa shape index (κ1) is 11.2. The molecule has 4 heteroatoms. The Morgan fingerprint density at radius 2 is 2.29 bits per heavy atom. The number of hydrogen-bond donors (Lipinski definition) is 2. The lowest BCUT2D eigenvalue weighted by atomic mass is 9.96. The van der Waals surface area contributed by atoms with Gasteiger partial charge in [-0.1, -0.05) is 13.3 Å². The summed E-state index contributed by atoms with van der Waals surface area (Å²) in [5.41, 5.74) is -0.801. The first-order chi connectivity index (χ1) is 6.49. The lowest BCUT2D eigenvalue weighted by Crippen LogP contribution is -2.21. The van der Waals surface area contributed by atoms with Gasteiger partial charge >= 0.3 is 5.97 Å². The van der Waals surface area contributed by atoms with Crippen molar-refractivity contribution in [2.45, 2.75) is 32.3 Å². The predicted octanol–water partition coefficient (Wildman–Crippen LogP) is 2.45. The molecule has 0 spiro atoms. The molecule has 0 radical (unpaired) electrons. The van der Waals surface area contributed by atoms with Crippen LogP contribution >= 0.6 is 11.3 Å². The topological polar surface area (TPSA) is 57.5 Å². The molecule has 1 aromatic rings. The molecule has 1 rings (SSSR count). The zero-order valence-corrected chi connectivity index (χ0v) is 9.10. The van der Waals surface area contributed by atoms with Gasteiger partial charge in [-0.15, -0.1) is 11.3 Å². The van der Waals surface area contributed by atoms with E-state index in [2.05, 4.69) is 0 Å². The van der Waals surface area contributed by atoms with Crippen molar-refractivity contribution in [1.82, 2.24) is 0 Å². The van der Waals surface area contributed by atoms with Crippen LogP contribution < -0.4 is 0 Å². The fourth-order valence-electron chi connectivity index (χ4n) is 1.50. The molecule has 0 saturated heterocycles. The van der Waals surface area contributed by atoms with Gasteiger partial charge in [-0.2, -0.15) is 0 Å². The summed E-state index contributed by atoms with van der Waals surface area (Å²) in [7, 11) is 0. The van der Waals surface area contributed by atoms with E-state index in [0.717, 1.165) is 6.42 Å². The predicted molar refractivity (Wildman–Crippen MR) is 55.8 cm³/mol. The molecule has 2 N–H and O–H groups in total. The third-order valence-corrected chi connectivity index (χ3v) is 3.29. The molecule has 0 aliphatic rings. The van der Waals surface area contributed by atoms with Gasteiger partial charge in [-0.3, -0.25) is 0 Å². The third kappa shape index (κ3) is 2.13. The molecule has 1 atom stereocenters. The zero-order chi connectivity index (χ0) is 10.8. The van der Waals surface area contributed by atoms with Crippen LogP contribution in [0.5, 0.6) is 0 Å². The van der Waals surface area contributed by atoms with E-state index in [1.807, 2.05) is 6.92 Å². The van der Waals surface area contributed by atoms with E-state index in [1.54, 1.807) is 12.3 Å². The number of carboxylic acid groups (broad SMARTS) is 1. The van der Waals surface area contributed by atoms with Gasteiger partial charge in [-0.05, 0) is 24.8 Å². The van der Waals surface area contributed by atoms with E-state index >= 15 is 0 Å². The number of thiophene rings is 1. The second-order valence-corrected chi connectivity index (χ2v) is 4.41. The van der Waals surface area contributed by atoms with Crippen molar-refractivity contribution in [3.8, 4) is 0 Å². The Kier molecular flexibility index (Phi) is 3.29. The van der Waals surface area contributed by atoms with Crippen LogP contribution in [-0.4, -0.2) is 16.2 Å². The van der Waals surface area contributed by atoms with Gasteiger partial charge in [0.25, 0.3) is 0 Å². The molecule has 1 unspecified atom stereocenters. The van der Waals surface area contributed by atoms with E-state index in [4.69, 9.17) is 5.11 Å². The van der Waals surface area contributed by atoms with E-state index in [9.17, 15) is 9.90 Å². The number of hydrogen-bond acceptors (Lipinski definition) is 3. The van der Waals surface area contributed by atoms with Crippen LogP contribution in [0.2, 0.25) is 0 Å². The van der Waals surface area contributed by atoms with Gasteiger partial charge in [0.1, 0.15) is 0 Å². The van der Waals surface area contributed by atoms with Crippen LogP contribution in [0.3, 0.4) is 0 Å². The molecule has 1 aromatic heterocycles. The lowest BCUT2D eigenvalue weighted by molar-refractivity contribution is 0.0467. The van der Waals surface area contributed by atoms with Crippen molar-refractivity contribution in [3.63, 3.8) is 0 Å². The summed E-state index contributed by atoms with van der Waals surface area (Å²) in [6.07, 6.45) is 1.40. The van der Waals surface area contributed by atoms with Crippen LogP contribution in [0, 0.1) is 0 Å². The van der Waals surface area contributed by atoms with E-state index < -0.39 is 11.6 Å². The van der Waals surface area contributed by atoms with Crippen molar-refractivity contribution < 1.29 is 15.0 Å². The minimum atomic E-state index is -1.02. The lowest BCUT2D eigenvalue weighted by Gasteiger charge is -2.21. The molecule has 3 nitrogen and oxygen atoms in total. The monoisotopic (exact) mass is 214 g/mol. The highest BCUT2D eigenvalue weighted by Gasteiger charge is 2.28. The van der Waals surface area contributed by atoms with E-state index in [1.165, 1.54) is 17.4 Å². The molecular weight excluding hydrogens is 200 g/mol. The normalized spacial score (nSPS) is 15.1. The fraction of sp³-hybridized carbons (Fsp3) is 0.500. The Morgan fingerprint density at radius 1 is 1.64 bits per heavy atom. The van der Waals surface area contributed by atoms with Crippen LogP contribution in [0.4, 0.5) is 0 Å². The summed E-state index contributed by atoms with van der Waals surface area (Å²) in [6.45, 7) is 3.62. The summed E-state index contributed by atoms with van der Waals surface area (Å²) in [5.74, 6) is -0.974. The first-order valence-corrected chi connectivity index (χ1v) is 5.40. The standard InChI is InChI=1S/C10H14O3S/c1-3-5-10(2,13)8-7(9(11)12)4-6-14-8/h4,6,13H,3,5H2,1-2H3,(H,11,12). The third-order valence-electron chi connectivity index (χ3n) is 2.12. The van der Waals surface area contributed by atoms with Crippen molar-refractivity contribution in [2.24, 2.45) is 0 Å². The second kappa shape index (κ2) is 4.11. The molecular formula is C10H14O3S. The first-order valence-electron chi connectivity index (χ1n) is 4.52. The Bertz CT molecular complexity index is 328. The Labute approximate surface area is 87.0 Å². The van der Waals surface area contributed by atoms with E-state index in [0.29, 0.717) is 11.3 Å². The largest absolute Gasteiger partial charge is 0.478 e. The Balaban J connectivity index is 3.05. The van der Waals surface area contributed by atoms with Gasteiger partial charge in [0.05, 0.1) is 16.0 Å². The smallest absolute Gasteiger partial charge is 0.336 e. The molecule has 78 valence electrons. The van der Waals surface area contributed by atoms with Gasteiger partial charge < -0.3 is 10.2 Å². The quantitative estimate of drug-likeness (QED) is 0.809. The summed E-state index contributed by atoms with van der Waals surface area (Å²) in [6, 6.07) is 1.53. The van der Waals surface area contributed by atoms with Crippen molar-refractivity contribution in [2.75, 3.05) is 0 Å². The van der Waals surface area contributed by atoms with Crippen molar-refractivity contribution in [1.29, 1.82) is 0 Å². The summed E-state index contributed by atoms with van der Waals surface area (Å²) in [5, 5.41) is 20.6. The second-order valence-electron chi connectivity index (χ2n) is 3.49. The highest BCUT2D eigenvalue weighted by atomic mass is 32.1. The maximum Gasteiger partial charge on any atom is 0.336 e. The molecule has 1 heterocycles. The maximum atomic E-state index is 10.8. The number of rotatable bonds is 4.